The summed E-state index contributed by atoms with van der Waals surface area (Å²) in [6.07, 6.45) is 1.85. The lowest BCUT2D eigenvalue weighted by Gasteiger charge is -2.35. The second kappa shape index (κ2) is 7.52. The summed E-state index contributed by atoms with van der Waals surface area (Å²) in [5, 5.41) is 0. The molecule has 2 aromatic carbocycles. The van der Waals surface area contributed by atoms with E-state index in [0.29, 0.717) is 0 Å². The minimum Gasteiger partial charge on any atom is -0.371 e. The monoisotopic (exact) mass is 322 g/mol. The highest BCUT2D eigenvalue weighted by Crippen LogP contribution is 2.27. The molecule has 3 heteroatoms. The Morgan fingerprint density at radius 1 is 1.04 bits per heavy atom. The predicted octanol–water partition coefficient (Wildman–Crippen LogP) is 4.26. The lowest BCUT2D eigenvalue weighted by Crippen LogP contribution is -2.43. The minimum atomic E-state index is 0.129. The maximum absolute atomic E-state index is 13.0. The highest BCUT2D eigenvalue weighted by molar-refractivity contribution is 5.95. The van der Waals surface area contributed by atoms with E-state index >= 15 is 0 Å². The number of carbonyl (C=O) groups excluding carboxylic acids is 1. The van der Waals surface area contributed by atoms with Crippen molar-refractivity contribution in [3.05, 3.63) is 60.2 Å². The van der Waals surface area contributed by atoms with Crippen LogP contribution in [-0.4, -0.2) is 25.5 Å². The predicted molar refractivity (Wildman–Crippen MR) is 101 cm³/mol. The lowest BCUT2D eigenvalue weighted by atomic mass is 9.94. The highest BCUT2D eigenvalue weighted by atomic mass is 16.2. The molecule has 0 N–H and O–H groups in total. The molecule has 1 aliphatic rings. The van der Waals surface area contributed by atoms with E-state index in [2.05, 4.69) is 55.1 Å². The molecule has 3 nitrogen and oxygen atoms in total. The Labute approximate surface area is 144 Å². The maximum Gasteiger partial charge on any atom is 0.230 e. The van der Waals surface area contributed by atoms with Crippen LogP contribution >= 0.6 is 0 Å². The molecule has 24 heavy (non-hydrogen) atoms. The fraction of sp³-hybridized carbons (Fsp3) is 0.381. The number of carbonyl (C=O) groups is 1. The van der Waals surface area contributed by atoms with Crippen molar-refractivity contribution < 1.29 is 4.79 Å². The first-order chi connectivity index (χ1) is 11.7. The normalized spacial score (nSPS) is 15.3. The molecule has 1 fully saturated rings. The summed E-state index contributed by atoms with van der Waals surface area (Å²) in [7, 11) is 0. The molecule has 0 aliphatic carbocycles. The molecule has 1 amide bonds. The van der Waals surface area contributed by atoms with Crippen LogP contribution in [0.4, 0.5) is 11.4 Å². The number of piperidine rings is 1. The second-order valence-corrected chi connectivity index (χ2v) is 6.47. The Morgan fingerprint density at radius 3 is 2.29 bits per heavy atom. The van der Waals surface area contributed by atoms with E-state index in [9.17, 15) is 4.79 Å². The van der Waals surface area contributed by atoms with Crippen molar-refractivity contribution in [2.24, 2.45) is 5.92 Å². The van der Waals surface area contributed by atoms with E-state index < -0.39 is 0 Å². The quantitative estimate of drug-likeness (QED) is 0.839. The average molecular weight is 322 g/mol. The molecule has 3 rings (SSSR count). The van der Waals surface area contributed by atoms with E-state index in [1.807, 2.05) is 23.1 Å². The van der Waals surface area contributed by atoms with Crippen molar-refractivity contribution in [3.8, 4) is 0 Å². The van der Waals surface area contributed by atoms with Gasteiger partial charge in [-0.15, -0.1) is 0 Å². The number of anilines is 2. The Balaban J connectivity index is 1.67. The second-order valence-electron chi connectivity index (χ2n) is 6.47. The number of nitrogens with zero attached hydrogens (tertiary/aromatic N) is 2. The van der Waals surface area contributed by atoms with Crippen molar-refractivity contribution in [2.45, 2.75) is 26.7 Å². The zero-order chi connectivity index (χ0) is 16.9. The van der Waals surface area contributed by atoms with Gasteiger partial charge in [-0.3, -0.25) is 4.79 Å². The van der Waals surface area contributed by atoms with Gasteiger partial charge < -0.3 is 9.80 Å². The van der Waals surface area contributed by atoms with Gasteiger partial charge in [-0.2, -0.15) is 0 Å². The number of aryl methyl sites for hydroxylation is 1. The van der Waals surface area contributed by atoms with Crippen LogP contribution in [-0.2, 0) is 4.79 Å². The zero-order valence-corrected chi connectivity index (χ0v) is 14.6. The highest BCUT2D eigenvalue weighted by Gasteiger charge is 2.29. The Bertz CT molecular complexity index is 675. The summed E-state index contributed by atoms with van der Waals surface area (Å²) in [6.45, 7) is 6.76. The summed E-state index contributed by atoms with van der Waals surface area (Å²) in [5.41, 5.74) is 3.47. The molecule has 0 spiro atoms. The molecule has 126 valence electrons. The van der Waals surface area contributed by atoms with E-state index in [-0.39, 0.29) is 11.8 Å². The van der Waals surface area contributed by atoms with Crippen LogP contribution in [0.1, 0.15) is 25.3 Å². The van der Waals surface area contributed by atoms with Gasteiger partial charge >= 0.3 is 0 Å². The van der Waals surface area contributed by atoms with Gasteiger partial charge in [0.05, 0.1) is 0 Å². The molecule has 0 unspecified atom stereocenters. The summed E-state index contributed by atoms with van der Waals surface area (Å²) >= 11 is 0. The minimum absolute atomic E-state index is 0.129. The van der Waals surface area contributed by atoms with Crippen LogP contribution < -0.4 is 9.80 Å². The molecule has 2 aromatic rings. The maximum atomic E-state index is 13.0. The topological polar surface area (TPSA) is 23.6 Å². The van der Waals surface area contributed by atoms with Crippen molar-refractivity contribution in [1.82, 2.24) is 0 Å². The SMILES string of the molecule is CCN(C(=O)C1CCN(c2ccccc2)CC1)c1ccccc1C. The summed E-state index contributed by atoms with van der Waals surface area (Å²) < 4.78 is 0. The van der Waals surface area contributed by atoms with E-state index in [1.165, 1.54) is 5.69 Å². The first kappa shape index (κ1) is 16.6. The molecule has 0 saturated carbocycles. The van der Waals surface area contributed by atoms with Crippen molar-refractivity contribution in [3.63, 3.8) is 0 Å². The fourth-order valence-electron chi connectivity index (χ4n) is 3.56. The largest absolute Gasteiger partial charge is 0.371 e. The number of rotatable bonds is 4. The number of para-hydroxylation sites is 2. The number of amides is 1. The summed E-state index contributed by atoms with van der Waals surface area (Å²) in [6, 6.07) is 18.6. The molecule has 0 aromatic heterocycles. The Hall–Kier alpha value is -2.29. The van der Waals surface area contributed by atoms with Crippen LogP contribution in [0.5, 0.6) is 0 Å². The van der Waals surface area contributed by atoms with Crippen LogP contribution in [0.25, 0.3) is 0 Å². The smallest absolute Gasteiger partial charge is 0.230 e. The van der Waals surface area contributed by atoms with Gasteiger partial charge in [0.2, 0.25) is 5.91 Å². The summed E-state index contributed by atoms with van der Waals surface area (Å²) in [5.74, 6) is 0.407. The molecule has 0 bridgehead atoms. The Morgan fingerprint density at radius 2 is 1.67 bits per heavy atom. The van der Waals surface area contributed by atoms with Crippen molar-refractivity contribution in [1.29, 1.82) is 0 Å². The summed E-state index contributed by atoms with van der Waals surface area (Å²) in [4.78, 5) is 17.4. The lowest BCUT2D eigenvalue weighted by molar-refractivity contribution is -0.122. The average Bonchev–Trinajstić information content (AvgIpc) is 2.64. The third-order valence-corrected chi connectivity index (χ3v) is 4.95. The molecule has 1 heterocycles. The van der Waals surface area contributed by atoms with Gasteiger partial charge in [0, 0.05) is 36.9 Å². The number of hydrogen-bond donors (Lipinski definition) is 0. The third kappa shape index (κ3) is 3.45. The fourth-order valence-corrected chi connectivity index (χ4v) is 3.56. The third-order valence-electron chi connectivity index (χ3n) is 4.95. The molecule has 0 radical (unpaired) electrons. The van der Waals surface area contributed by atoms with E-state index in [0.717, 1.165) is 43.7 Å². The molecule has 0 atom stereocenters. The van der Waals surface area contributed by atoms with Crippen molar-refractivity contribution >= 4 is 17.3 Å². The molecule has 1 saturated heterocycles. The van der Waals surface area contributed by atoms with Crippen LogP contribution in [0.2, 0.25) is 0 Å². The first-order valence-electron chi connectivity index (χ1n) is 8.87. The number of hydrogen-bond acceptors (Lipinski definition) is 2. The number of benzene rings is 2. The van der Waals surface area contributed by atoms with Gasteiger partial charge in [-0.05, 0) is 50.5 Å². The van der Waals surface area contributed by atoms with Gasteiger partial charge in [0.25, 0.3) is 0 Å². The van der Waals surface area contributed by atoms with Gasteiger partial charge in [-0.25, -0.2) is 0 Å². The Kier molecular flexibility index (Phi) is 5.19. The van der Waals surface area contributed by atoms with Crippen LogP contribution in [0.15, 0.2) is 54.6 Å². The van der Waals surface area contributed by atoms with E-state index in [1.54, 1.807) is 0 Å². The van der Waals surface area contributed by atoms with Crippen LogP contribution in [0, 0.1) is 12.8 Å². The first-order valence-corrected chi connectivity index (χ1v) is 8.87. The standard InChI is InChI=1S/C21H26N2O/c1-3-23(20-12-8-7-9-17(20)2)21(24)18-13-15-22(16-14-18)19-10-5-4-6-11-19/h4-12,18H,3,13-16H2,1-2H3. The van der Waals surface area contributed by atoms with Gasteiger partial charge in [0.15, 0.2) is 0 Å². The molecule has 1 aliphatic heterocycles. The zero-order valence-electron chi connectivity index (χ0n) is 14.6. The molecular formula is C21H26N2O. The van der Waals surface area contributed by atoms with Crippen LogP contribution in [0.3, 0.4) is 0 Å². The van der Waals surface area contributed by atoms with Gasteiger partial charge in [0.1, 0.15) is 0 Å². The molecular weight excluding hydrogens is 296 g/mol. The van der Waals surface area contributed by atoms with E-state index in [4.69, 9.17) is 0 Å². The van der Waals surface area contributed by atoms with Crippen molar-refractivity contribution in [2.75, 3.05) is 29.4 Å². The van der Waals surface area contributed by atoms with Gasteiger partial charge in [-0.1, -0.05) is 36.4 Å².